The fraction of sp³-hybridized carbons (Fsp3) is 0.615. The molecule has 1 heterocycles. The van der Waals surface area contributed by atoms with Crippen LogP contribution in [0.5, 0.6) is 0 Å². The van der Waals surface area contributed by atoms with Gasteiger partial charge in [0.05, 0.1) is 12.1 Å². The maximum absolute atomic E-state index is 10.7. The number of hydrogen-bond donors (Lipinski definition) is 3. The Kier molecular flexibility index (Phi) is 4.93. The van der Waals surface area contributed by atoms with Crippen LogP contribution >= 0.6 is 0 Å². The number of aliphatic hydroxyl groups is 1. The molecule has 1 aromatic rings. The molecule has 1 unspecified atom stereocenters. The summed E-state index contributed by atoms with van der Waals surface area (Å²) in [5.41, 5.74) is 0.173. The van der Waals surface area contributed by atoms with Crippen LogP contribution < -0.4 is 5.32 Å². The Morgan fingerprint density at radius 1 is 1.50 bits per heavy atom. The van der Waals surface area contributed by atoms with Crippen LogP contribution in [-0.2, 0) is 6.54 Å². The van der Waals surface area contributed by atoms with Crippen molar-refractivity contribution in [2.45, 2.75) is 39.8 Å². The van der Waals surface area contributed by atoms with E-state index in [0.717, 1.165) is 0 Å². The fourth-order valence-corrected chi connectivity index (χ4v) is 1.78. The Balaban J connectivity index is 2.58. The second-order valence-electron chi connectivity index (χ2n) is 5.42. The number of furan rings is 1. The molecule has 0 amide bonds. The SMILES string of the molecule is CC(C)(C)C(CCO)NCc1cc(C(=O)O)co1. The standard InChI is InChI=1S/C13H21NO4/c1-13(2,3)11(4-5-15)14-7-10-6-9(8-18-10)12(16)17/h6,8,11,14-15H,4-5,7H2,1-3H3,(H,16,17). The Hall–Kier alpha value is -1.33. The van der Waals surface area contributed by atoms with Gasteiger partial charge in [-0.3, -0.25) is 0 Å². The molecule has 0 aliphatic heterocycles. The van der Waals surface area contributed by atoms with E-state index in [2.05, 4.69) is 26.1 Å². The van der Waals surface area contributed by atoms with E-state index in [1.54, 1.807) is 0 Å². The first-order chi connectivity index (χ1) is 8.34. The number of carboxylic acid groups (broad SMARTS) is 1. The van der Waals surface area contributed by atoms with Crippen molar-refractivity contribution in [3.63, 3.8) is 0 Å². The molecule has 1 atom stereocenters. The highest BCUT2D eigenvalue weighted by Crippen LogP contribution is 2.22. The van der Waals surface area contributed by atoms with Crippen LogP contribution in [0.1, 0.15) is 43.3 Å². The Bertz CT molecular complexity index is 392. The fourth-order valence-electron chi connectivity index (χ4n) is 1.78. The predicted octanol–water partition coefficient (Wildman–Crippen LogP) is 1.86. The van der Waals surface area contributed by atoms with Gasteiger partial charge in [-0.2, -0.15) is 0 Å². The first-order valence-electron chi connectivity index (χ1n) is 5.99. The second-order valence-corrected chi connectivity index (χ2v) is 5.42. The lowest BCUT2D eigenvalue weighted by molar-refractivity contribution is 0.0696. The van der Waals surface area contributed by atoms with Crippen molar-refractivity contribution in [2.75, 3.05) is 6.61 Å². The normalized spacial score (nSPS) is 13.6. The topological polar surface area (TPSA) is 82.7 Å². The van der Waals surface area contributed by atoms with Crippen LogP contribution in [0.25, 0.3) is 0 Å². The minimum atomic E-state index is -0.993. The molecule has 5 nitrogen and oxygen atoms in total. The van der Waals surface area contributed by atoms with Crippen LogP contribution in [-0.4, -0.2) is 28.8 Å². The molecule has 0 aromatic carbocycles. The molecule has 0 saturated heterocycles. The molecule has 1 aromatic heterocycles. The summed E-state index contributed by atoms with van der Waals surface area (Å²) in [6, 6.07) is 1.65. The molecule has 1 rings (SSSR count). The average Bonchev–Trinajstić information content (AvgIpc) is 2.71. The summed E-state index contributed by atoms with van der Waals surface area (Å²) in [6.07, 6.45) is 1.88. The monoisotopic (exact) mass is 255 g/mol. The van der Waals surface area contributed by atoms with E-state index in [9.17, 15) is 4.79 Å². The van der Waals surface area contributed by atoms with Crippen molar-refractivity contribution < 1.29 is 19.4 Å². The molecule has 18 heavy (non-hydrogen) atoms. The summed E-state index contributed by atoms with van der Waals surface area (Å²) in [6.45, 7) is 6.84. The predicted molar refractivity (Wildman–Crippen MR) is 67.5 cm³/mol. The van der Waals surface area contributed by atoms with Crippen LogP contribution in [0.4, 0.5) is 0 Å². The summed E-state index contributed by atoms with van der Waals surface area (Å²) in [7, 11) is 0. The maximum Gasteiger partial charge on any atom is 0.338 e. The minimum absolute atomic E-state index is 0.0188. The van der Waals surface area contributed by atoms with Gasteiger partial charge < -0.3 is 19.9 Å². The van der Waals surface area contributed by atoms with E-state index in [-0.39, 0.29) is 23.6 Å². The van der Waals surface area contributed by atoms with Crippen LogP contribution in [0.3, 0.4) is 0 Å². The molecular formula is C13H21NO4. The summed E-state index contributed by atoms with van der Waals surface area (Å²) in [4.78, 5) is 10.7. The Morgan fingerprint density at radius 3 is 2.61 bits per heavy atom. The van der Waals surface area contributed by atoms with E-state index in [4.69, 9.17) is 14.6 Å². The van der Waals surface area contributed by atoms with E-state index in [1.807, 2.05) is 0 Å². The molecule has 0 radical (unpaired) electrons. The highest BCUT2D eigenvalue weighted by Gasteiger charge is 2.23. The number of carbonyl (C=O) groups is 1. The number of hydrogen-bond acceptors (Lipinski definition) is 4. The summed E-state index contributed by atoms with van der Waals surface area (Å²) in [5, 5.41) is 21.1. The number of aromatic carboxylic acids is 1. The molecule has 5 heteroatoms. The molecule has 0 saturated carbocycles. The number of carboxylic acids is 1. The van der Waals surface area contributed by atoms with Gasteiger partial charge in [-0.25, -0.2) is 4.79 Å². The lowest BCUT2D eigenvalue weighted by atomic mass is 9.85. The molecule has 0 bridgehead atoms. The van der Waals surface area contributed by atoms with Crippen molar-refractivity contribution in [3.8, 4) is 0 Å². The third-order valence-electron chi connectivity index (χ3n) is 2.89. The van der Waals surface area contributed by atoms with Crippen molar-refractivity contribution in [3.05, 3.63) is 23.7 Å². The first kappa shape index (κ1) is 14.7. The third-order valence-corrected chi connectivity index (χ3v) is 2.89. The van der Waals surface area contributed by atoms with Gasteiger partial charge in [0, 0.05) is 12.6 Å². The van der Waals surface area contributed by atoms with Crippen LogP contribution in [0.2, 0.25) is 0 Å². The van der Waals surface area contributed by atoms with Gasteiger partial charge in [-0.15, -0.1) is 0 Å². The van der Waals surface area contributed by atoms with Gasteiger partial charge in [0.2, 0.25) is 0 Å². The zero-order valence-corrected chi connectivity index (χ0v) is 11.1. The van der Waals surface area contributed by atoms with Gasteiger partial charge in [0.15, 0.2) is 0 Å². The molecule has 102 valence electrons. The number of nitrogens with one attached hydrogen (secondary N) is 1. The van der Waals surface area contributed by atoms with Gasteiger partial charge in [0.25, 0.3) is 0 Å². The molecule has 0 aliphatic rings. The van der Waals surface area contributed by atoms with E-state index in [0.29, 0.717) is 18.7 Å². The lowest BCUT2D eigenvalue weighted by Gasteiger charge is -2.31. The van der Waals surface area contributed by atoms with Crippen molar-refractivity contribution in [1.29, 1.82) is 0 Å². The number of rotatable bonds is 6. The lowest BCUT2D eigenvalue weighted by Crippen LogP contribution is -2.40. The Morgan fingerprint density at radius 2 is 2.17 bits per heavy atom. The molecular weight excluding hydrogens is 234 g/mol. The highest BCUT2D eigenvalue weighted by molar-refractivity contribution is 5.87. The van der Waals surface area contributed by atoms with Crippen LogP contribution in [0.15, 0.2) is 16.7 Å². The smallest absolute Gasteiger partial charge is 0.338 e. The minimum Gasteiger partial charge on any atom is -0.478 e. The molecule has 3 N–H and O–H groups in total. The van der Waals surface area contributed by atoms with E-state index in [1.165, 1.54) is 12.3 Å². The van der Waals surface area contributed by atoms with Crippen molar-refractivity contribution in [2.24, 2.45) is 5.41 Å². The second kappa shape index (κ2) is 6.02. The largest absolute Gasteiger partial charge is 0.478 e. The maximum atomic E-state index is 10.7. The van der Waals surface area contributed by atoms with Crippen molar-refractivity contribution >= 4 is 5.97 Å². The quantitative estimate of drug-likeness (QED) is 0.722. The van der Waals surface area contributed by atoms with E-state index >= 15 is 0 Å². The average molecular weight is 255 g/mol. The highest BCUT2D eigenvalue weighted by atomic mass is 16.4. The zero-order valence-electron chi connectivity index (χ0n) is 11.1. The number of aliphatic hydroxyl groups excluding tert-OH is 1. The molecule has 0 fully saturated rings. The molecule has 0 aliphatic carbocycles. The van der Waals surface area contributed by atoms with Gasteiger partial charge in [-0.05, 0) is 17.9 Å². The van der Waals surface area contributed by atoms with Gasteiger partial charge in [0.1, 0.15) is 12.0 Å². The van der Waals surface area contributed by atoms with Crippen LogP contribution in [0, 0.1) is 5.41 Å². The van der Waals surface area contributed by atoms with Crippen molar-refractivity contribution in [1.82, 2.24) is 5.32 Å². The Labute approximate surface area is 107 Å². The van der Waals surface area contributed by atoms with Gasteiger partial charge in [-0.1, -0.05) is 20.8 Å². The first-order valence-corrected chi connectivity index (χ1v) is 5.99. The summed E-state index contributed by atoms with van der Waals surface area (Å²) in [5.74, 6) is -0.410. The zero-order chi connectivity index (χ0) is 13.8. The van der Waals surface area contributed by atoms with E-state index < -0.39 is 5.97 Å². The van der Waals surface area contributed by atoms with Gasteiger partial charge >= 0.3 is 5.97 Å². The summed E-state index contributed by atoms with van der Waals surface area (Å²) < 4.78 is 5.16. The molecule has 0 spiro atoms. The third kappa shape index (κ3) is 4.16. The summed E-state index contributed by atoms with van der Waals surface area (Å²) >= 11 is 0.